The zero-order chi connectivity index (χ0) is 23.3. The fourth-order valence-electron chi connectivity index (χ4n) is 3.38. The van der Waals surface area contributed by atoms with E-state index in [4.69, 9.17) is 22.1 Å². The van der Waals surface area contributed by atoms with Crippen LogP contribution in [0.25, 0.3) is 0 Å². The van der Waals surface area contributed by atoms with Crippen molar-refractivity contribution in [3.63, 3.8) is 0 Å². The summed E-state index contributed by atoms with van der Waals surface area (Å²) >= 11 is 5.99. The number of halogens is 4. The molecule has 170 valence electrons. The van der Waals surface area contributed by atoms with Crippen LogP contribution < -0.4 is 15.8 Å². The van der Waals surface area contributed by atoms with Crippen molar-refractivity contribution in [2.24, 2.45) is 10.7 Å². The molecule has 2 aromatic rings. The molecule has 6 nitrogen and oxygen atoms in total. The van der Waals surface area contributed by atoms with Gasteiger partial charge < -0.3 is 15.8 Å². The van der Waals surface area contributed by atoms with Gasteiger partial charge in [-0.1, -0.05) is 11.6 Å². The fraction of sp³-hybridized carbons (Fsp3) is 0.318. The molecule has 0 radical (unpaired) electrons. The van der Waals surface area contributed by atoms with E-state index < -0.39 is 17.8 Å². The lowest BCUT2D eigenvalue weighted by Crippen LogP contribution is -2.26. The van der Waals surface area contributed by atoms with Gasteiger partial charge >= 0.3 is 6.18 Å². The number of nitrogens with two attached hydrogens (primary N) is 1. The number of pyridine rings is 1. The molecular formula is C22H22ClF3N4O2. The Kier molecular flexibility index (Phi) is 7.40. The number of ether oxygens (including phenoxy) is 1. The zero-order valence-corrected chi connectivity index (χ0v) is 18.1. The van der Waals surface area contributed by atoms with Crippen LogP contribution in [0.3, 0.4) is 0 Å². The third-order valence-electron chi connectivity index (χ3n) is 4.99. The summed E-state index contributed by atoms with van der Waals surface area (Å²) in [6.07, 6.45) is -1.12. The van der Waals surface area contributed by atoms with Gasteiger partial charge in [0, 0.05) is 28.1 Å². The molecule has 1 amide bonds. The lowest BCUT2D eigenvalue weighted by atomic mass is 9.91. The Labute approximate surface area is 188 Å². The summed E-state index contributed by atoms with van der Waals surface area (Å²) in [5.41, 5.74) is 5.80. The highest BCUT2D eigenvalue weighted by Gasteiger charge is 2.35. The number of hydrogen-bond acceptors (Lipinski definition) is 5. The van der Waals surface area contributed by atoms with Crippen molar-refractivity contribution in [1.82, 2.24) is 4.98 Å². The fourth-order valence-corrected chi connectivity index (χ4v) is 3.55. The zero-order valence-electron chi connectivity index (χ0n) is 17.3. The van der Waals surface area contributed by atoms with Crippen LogP contribution in [0.2, 0.25) is 5.02 Å². The number of amides is 1. The third-order valence-corrected chi connectivity index (χ3v) is 5.22. The van der Waals surface area contributed by atoms with Crippen molar-refractivity contribution in [3.8, 4) is 5.75 Å². The number of methoxy groups -OCH3 is 1. The number of hydrogen-bond donors (Lipinski definition) is 2. The number of nitrogens with one attached hydrogen (secondary N) is 1. The van der Waals surface area contributed by atoms with Crippen LogP contribution in [0.1, 0.15) is 41.7 Å². The SMILES string of the molecule is COc1ccc(Cl)cc1NC(=O)c1ccnc(CN=C2CCCCC2=C(N)C(F)(F)F)c1. The maximum absolute atomic E-state index is 13.1. The molecule has 0 unspecified atom stereocenters. The van der Waals surface area contributed by atoms with Crippen molar-refractivity contribution >= 4 is 28.9 Å². The highest BCUT2D eigenvalue weighted by molar-refractivity contribution is 6.31. The molecular weight excluding hydrogens is 445 g/mol. The number of aliphatic imine (C=N–C) groups is 1. The number of nitrogens with zero attached hydrogens (tertiary/aromatic N) is 2. The van der Waals surface area contributed by atoms with Crippen molar-refractivity contribution in [1.29, 1.82) is 0 Å². The van der Waals surface area contributed by atoms with Crippen LogP contribution in [0.15, 0.2) is 52.8 Å². The summed E-state index contributed by atoms with van der Waals surface area (Å²) in [7, 11) is 1.47. The Morgan fingerprint density at radius 1 is 1.25 bits per heavy atom. The Bertz CT molecular complexity index is 1070. The van der Waals surface area contributed by atoms with Gasteiger partial charge in [0.25, 0.3) is 5.91 Å². The first-order valence-corrected chi connectivity index (χ1v) is 10.3. The first-order valence-electron chi connectivity index (χ1n) is 9.88. The van der Waals surface area contributed by atoms with Crippen LogP contribution in [0.4, 0.5) is 18.9 Å². The molecule has 1 aromatic heterocycles. The Morgan fingerprint density at radius 2 is 2.00 bits per heavy atom. The number of allylic oxidation sites excluding steroid dienone is 2. The average molecular weight is 467 g/mol. The minimum absolute atomic E-state index is 0.0333. The lowest BCUT2D eigenvalue weighted by molar-refractivity contribution is -0.0933. The van der Waals surface area contributed by atoms with Gasteiger partial charge in [-0.05, 0) is 56.0 Å². The monoisotopic (exact) mass is 466 g/mol. The van der Waals surface area contributed by atoms with Gasteiger partial charge in [-0.25, -0.2) is 0 Å². The molecule has 1 aliphatic rings. The Hall–Kier alpha value is -3.07. The summed E-state index contributed by atoms with van der Waals surface area (Å²) in [6, 6.07) is 7.90. The number of aromatic nitrogens is 1. The molecule has 3 N–H and O–H groups in total. The number of carbonyl (C=O) groups is 1. The molecule has 1 aliphatic carbocycles. The maximum atomic E-state index is 13.1. The van der Waals surface area contributed by atoms with Gasteiger partial charge in [0.05, 0.1) is 25.0 Å². The molecule has 0 saturated heterocycles. The van der Waals surface area contributed by atoms with E-state index in [2.05, 4.69) is 15.3 Å². The topological polar surface area (TPSA) is 89.6 Å². The van der Waals surface area contributed by atoms with E-state index in [-0.39, 0.29) is 18.5 Å². The maximum Gasteiger partial charge on any atom is 0.431 e. The van der Waals surface area contributed by atoms with E-state index in [0.29, 0.717) is 46.3 Å². The Balaban J connectivity index is 1.79. The number of benzene rings is 1. The standard InChI is InChI=1S/C22H22ClF3N4O2/c1-32-19-7-6-14(23)11-18(19)30-21(31)13-8-9-28-15(10-13)12-29-17-5-3-2-4-16(17)20(27)22(24,25)26/h6-11H,2-5,12,27H2,1H3,(H,30,31). The largest absolute Gasteiger partial charge is 0.495 e. The summed E-state index contributed by atoms with van der Waals surface area (Å²) in [5, 5.41) is 3.16. The number of alkyl halides is 3. The van der Waals surface area contributed by atoms with Gasteiger partial charge in [-0.15, -0.1) is 0 Å². The lowest BCUT2D eigenvalue weighted by Gasteiger charge is -2.20. The first-order chi connectivity index (χ1) is 15.2. The summed E-state index contributed by atoms with van der Waals surface area (Å²) in [4.78, 5) is 21.2. The van der Waals surface area contributed by atoms with Gasteiger partial charge in [-0.2, -0.15) is 13.2 Å². The predicted molar refractivity (Wildman–Crippen MR) is 117 cm³/mol. The van der Waals surface area contributed by atoms with E-state index in [1.807, 2.05) is 0 Å². The van der Waals surface area contributed by atoms with E-state index in [0.717, 1.165) is 6.42 Å². The van der Waals surface area contributed by atoms with Gasteiger partial charge in [0.15, 0.2) is 0 Å². The van der Waals surface area contributed by atoms with E-state index in [9.17, 15) is 18.0 Å². The second kappa shape index (κ2) is 10.0. The van der Waals surface area contributed by atoms with Crippen LogP contribution in [0.5, 0.6) is 5.75 Å². The molecule has 3 rings (SSSR count). The van der Waals surface area contributed by atoms with Crippen molar-refractivity contribution in [2.75, 3.05) is 12.4 Å². The minimum atomic E-state index is -4.59. The van der Waals surface area contributed by atoms with Gasteiger partial charge in [0.1, 0.15) is 11.4 Å². The third kappa shape index (κ3) is 5.79. The van der Waals surface area contributed by atoms with Crippen LogP contribution >= 0.6 is 11.6 Å². The molecule has 32 heavy (non-hydrogen) atoms. The number of carbonyl (C=O) groups excluding carboxylic acids is 1. The number of anilines is 1. The number of rotatable bonds is 5. The summed E-state index contributed by atoms with van der Waals surface area (Å²) in [6.45, 7) is 0.0333. The molecule has 0 spiro atoms. The smallest absolute Gasteiger partial charge is 0.431 e. The Morgan fingerprint density at radius 3 is 2.72 bits per heavy atom. The molecule has 0 aliphatic heterocycles. The molecule has 1 fully saturated rings. The van der Waals surface area contributed by atoms with Crippen molar-refractivity contribution in [3.05, 3.63) is 64.1 Å². The van der Waals surface area contributed by atoms with Crippen molar-refractivity contribution in [2.45, 2.75) is 38.4 Å². The second-order valence-electron chi connectivity index (χ2n) is 7.19. The molecule has 10 heteroatoms. The van der Waals surface area contributed by atoms with Crippen LogP contribution in [-0.4, -0.2) is 29.9 Å². The van der Waals surface area contributed by atoms with Crippen LogP contribution in [0, 0.1) is 0 Å². The molecule has 1 saturated carbocycles. The molecule has 0 bridgehead atoms. The summed E-state index contributed by atoms with van der Waals surface area (Å²) in [5.74, 6) is 0.0312. The normalized spacial score (nSPS) is 17.2. The van der Waals surface area contributed by atoms with Crippen molar-refractivity contribution < 1.29 is 22.7 Å². The highest BCUT2D eigenvalue weighted by Crippen LogP contribution is 2.31. The second-order valence-corrected chi connectivity index (χ2v) is 7.63. The van der Waals surface area contributed by atoms with E-state index in [1.54, 1.807) is 18.2 Å². The molecule has 1 aromatic carbocycles. The van der Waals surface area contributed by atoms with E-state index >= 15 is 0 Å². The predicted octanol–water partition coefficient (Wildman–Crippen LogP) is 5.29. The minimum Gasteiger partial charge on any atom is -0.495 e. The average Bonchev–Trinajstić information content (AvgIpc) is 2.77. The summed E-state index contributed by atoms with van der Waals surface area (Å²) < 4.78 is 44.4. The highest BCUT2D eigenvalue weighted by atomic mass is 35.5. The van der Waals surface area contributed by atoms with Gasteiger partial charge in [0.2, 0.25) is 0 Å². The molecule has 0 atom stereocenters. The van der Waals surface area contributed by atoms with Gasteiger partial charge in [-0.3, -0.25) is 14.8 Å². The molecule has 1 heterocycles. The first kappa shape index (κ1) is 23.6. The van der Waals surface area contributed by atoms with Crippen LogP contribution in [-0.2, 0) is 6.54 Å². The van der Waals surface area contributed by atoms with E-state index in [1.165, 1.54) is 25.4 Å². The quantitative estimate of drug-likeness (QED) is 0.626.